The number of halogens is 3. The summed E-state index contributed by atoms with van der Waals surface area (Å²) in [5.41, 5.74) is 0.747. The maximum atomic E-state index is 13.3. The van der Waals surface area contributed by atoms with Crippen LogP contribution in [0.25, 0.3) is 0 Å². The molecule has 0 atom stereocenters. The van der Waals surface area contributed by atoms with E-state index in [1.807, 2.05) is 0 Å². The zero-order valence-corrected chi connectivity index (χ0v) is 14.7. The molecule has 0 aliphatic rings. The molecule has 2 rings (SSSR count). The summed E-state index contributed by atoms with van der Waals surface area (Å²) in [7, 11) is 3.40. The zero-order valence-electron chi connectivity index (χ0n) is 11.5. The fourth-order valence-electron chi connectivity index (χ4n) is 1.84. The van der Waals surface area contributed by atoms with Crippen molar-refractivity contribution in [1.82, 2.24) is 5.32 Å². The van der Waals surface area contributed by atoms with Gasteiger partial charge in [-0.25, -0.2) is 4.39 Å². The van der Waals surface area contributed by atoms with E-state index in [-0.39, 0.29) is 5.82 Å². The van der Waals surface area contributed by atoms with E-state index in [1.54, 1.807) is 32.4 Å². The lowest BCUT2D eigenvalue weighted by Crippen LogP contribution is -2.06. The van der Waals surface area contributed by atoms with Crippen LogP contribution >= 0.6 is 31.9 Å². The standard InChI is InChI=1S/C15H14Br2FNO2/c1-19-8-9-5-10(18)3-4-13(9)21-15-7-11(16)14(20-2)6-12(15)17/h3-7,19H,8H2,1-2H3. The summed E-state index contributed by atoms with van der Waals surface area (Å²) in [5, 5.41) is 2.99. The van der Waals surface area contributed by atoms with Crippen LogP contribution in [0.2, 0.25) is 0 Å². The molecule has 6 heteroatoms. The minimum Gasteiger partial charge on any atom is -0.496 e. The highest BCUT2D eigenvalue weighted by Crippen LogP contribution is 2.38. The van der Waals surface area contributed by atoms with E-state index in [9.17, 15) is 4.39 Å². The van der Waals surface area contributed by atoms with Crippen molar-refractivity contribution in [3.63, 3.8) is 0 Å². The Balaban J connectivity index is 2.36. The number of rotatable bonds is 5. The van der Waals surface area contributed by atoms with Gasteiger partial charge in [0.15, 0.2) is 0 Å². The molecule has 112 valence electrons. The molecule has 0 fully saturated rings. The van der Waals surface area contributed by atoms with Crippen LogP contribution in [0.4, 0.5) is 4.39 Å². The van der Waals surface area contributed by atoms with Gasteiger partial charge in [0.1, 0.15) is 23.1 Å². The predicted molar refractivity (Wildman–Crippen MR) is 87.6 cm³/mol. The van der Waals surface area contributed by atoms with Gasteiger partial charge >= 0.3 is 0 Å². The second-order valence-electron chi connectivity index (χ2n) is 4.30. The van der Waals surface area contributed by atoms with E-state index in [0.29, 0.717) is 23.8 Å². The molecular formula is C15H14Br2FNO2. The molecule has 3 nitrogen and oxygen atoms in total. The average Bonchev–Trinajstić information content (AvgIpc) is 2.45. The Hall–Kier alpha value is -1.11. The van der Waals surface area contributed by atoms with E-state index in [2.05, 4.69) is 37.2 Å². The number of ether oxygens (including phenoxy) is 2. The molecule has 0 heterocycles. The zero-order chi connectivity index (χ0) is 15.4. The summed E-state index contributed by atoms with van der Waals surface area (Å²) in [6.45, 7) is 0.516. The molecule has 2 aromatic rings. The van der Waals surface area contributed by atoms with Gasteiger partial charge in [0.25, 0.3) is 0 Å². The van der Waals surface area contributed by atoms with Crippen LogP contribution in [0.1, 0.15) is 5.56 Å². The Morgan fingerprint density at radius 1 is 1.05 bits per heavy atom. The van der Waals surface area contributed by atoms with E-state index >= 15 is 0 Å². The molecule has 0 spiro atoms. The number of methoxy groups -OCH3 is 1. The number of hydrogen-bond acceptors (Lipinski definition) is 3. The van der Waals surface area contributed by atoms with Gasteiger partial charge in [-0.2, -0.15) is 0 Å². The van der Waals surface area contributed by atoms with Crippen LogP contribution in [-0.4, -0.2) is 14.2 Å². The van der Waals surface area contributed by atoms with Crippen molar-refractivity contribution in [2.24, 2.45) is 0 Å². The second kappa shape index (κ2) is 7.24. The Kier molecular flexibility index (Phi) is 5.61. The normalized spacial score (nSPS) is 10.5. The van der Waals surface area contributed by atoms with Crippen LogP contribution in [0.3, 0.4) is 0 Å². The largest absolute Gasteiger partial charge is 0.496 e. The monoisotopic (exact) mass is 417 g/mol. The van der Waals surface area contributed by atoms with E-state index in [4.69, 9.17) is 9.47 Å². The lowest BCUT2D eigenvalue weighted by atomic mass is 10.2. The minimum absolute atomic E-state index is 0.289. The first-order valence-electron chi connectivity index (χ1n) is 6.19. The average molecular weight is 419 g/mol. The summed E-state index contributed by atoms with van der Waals surface area (Å²) < 4.78 is 26.0. The summed E-state index contributed by atoms with van der Waals surface area (Å²) in [4.78, 5) is 0. The Bertz CT molecular complexity index is 650. The first-order chi connectivity index (χ1) is 10.0. The molecule has 0 saturated heterocycles. The SMILES string of the molecule is CNCc1cc(F)ccc1Oc1cc(Br)c(OC)cc1Br. The first kappa shape index (κ1) is 16.3. The van der Waals surface area contributed by atoms with Crippen LogP contribution in [0, 0.1) is 5.82 Å². The second-order valence-corrected chi connectivity index (χ2v) is 6.01. The molecule has 0 saturated carbocycles. The summed E-state index contributed by atoms with van der Waals surface area (Å²) in [5.74, 6) is 1.63. The Morgan fingerprint density at radius 3 is 2.38 bits per heavy atom. The third-order valence-electron chi connectivity index (χ3n) is 2.82. The molecule has 1 N–H and O–H groups in total. The van der Waals surface area contributed by atoms with Crippen LogP contribution in [0.5, 0.6) is 17.2 Å². The van der Waals surface area contributed by atoms with Gasteiger partial charge in [-0.3, -0.25) is 0 Å². The van der Waals surface area contributed by atoms with Gasteiger partial charge in [0.05, 0.1) is 16.1 Å². The van der Waals surface area contributed by atoms with Gasteiger partial charge in [0, 0.05) is 12.1 Å². The highest BCUT2D eigenvalue weighted by molar-refractivity contribution is 9.11. The molecule has 0 aliphatic carbocycles. The van der Waals surface area contributed by atoms with Crippen molar-refractivity contribution >= 4 is 31.9 Å². The van der Waals surface area contributed by atoms with Crippen LogP contribution < -0.4 is 14.8 Å². The van der Waals surface area contributed by atoms with Crippen molar-refractivity contribution in [2.45, 2.75) is 6.54 Å². The van der Waals surface area contributed by atoms with Crippen molar-refractivity contribution in [3.05, 3.63) is 50.7 Å². The molecular weight excluding hydrogens is 405 g/mol. The molecule has 0 aromatic heterocycles. The fraction of sp³-hybridized carbons (Fsp3) is 0.200. The molecule has 0 radical (unpaired) electrons. The number of hydrogen-bond donors (Lipinski definition) is 1. The lowest BCUT2D eigenvalue weighted by Gasteiger charge is -2.14. The van der Waals surface area contributed by atoms with Gasteiger partial charge in [-0.1, -0.05) is 0 Å². The van der Waals surface area contributed by atoms with E-state index in [1.165, 1.54) is 12.1 Å². The molecule has 0 bridgehead atoms. The predicted octanol–water partition coefficient (Wildman–Crippen LogP) is 4.87. The molecule has 0 unspecified atom stereocenters. The highest BCUT2D eigenvalue weighted by atomic mass is 79.9. The van der Waals surface area contributed by atoms with Gasteiger partial charge in [-0.15, -0.1) is 0 Å². The molecule has 2 aromatic carbocycles. The van der Waals surface area contributed by atoms with Crippen molar-refractivity contribution in [1.29, 1.82) is 0 Å². The van der Waals surface area contributed by atoms with E-state index < -0.39 is 0 Å². The van der Waals surface area contributed by atoms with Crippen LogP contribution in [-0.2, 0) is 6.54 Å². The van der Waals surface area contributed by atoms with Gasteiger partial charge < -0.3 is 14.8 Å². The van der Waals surface area contributed by atoms with Crippen molar-refractivity contribution in [3.8, 4) is 17.2 Å². The summed E-state index contributed by atoms with van der Waals surface area (Å²) in [6, 6.07) is 8.06. The minimum atomic E-state index is -0.289. The quantitative estimate of drug-likeness (QED) is 0.751. The van der Waals surface area contributed by atoms with Crippen LogP contribution in [0.15, 0.2) is 39.3 Å². The third-order valence-corrected chi connectivity index (χ3v) is 4.06. The Labute approximate surface area is 139 Å². The maximum Gasteiger partial charge on any atom is 0.143 e. The maximum absolute atomic E-state index is 13.3. The Morgan fingerprint density at radius 2 is 1.71 bits per heavy atom. The van der Waals surface area contributed by atoms with Gasteiger partial charge in [0.2, 0.25) is 0 Å². The van der Waals surface area contributed by atoms with Crippen molar-refractivity contribution in [2.75, 3.05) is 14.2 Å². The fourth-order valence-corrected chi connectivity index (χ4v) is 2.73. The van der Waals surface area contributed by atoms with E-state index in [0.717, 1.165) is 14.5 Å². The summed E-state index contributed by atoms with van der Waals surface area (Å²) >= 11 is 6.86. The van der Waals surface area contributed by atoms with Crippen molar-refractivity contribution < 1.29 is 13.9 Å². The lowest BCUT2D eigenvalue weighted by molar-refractivity contribution is 0.409. The number of nitrogens with one attached hydrogen (secondary N) is 1. The smallest absolute Gasteiger partial charge is 0.143 e. The topological polar surface area (TPSA) is 30.5 Å². The third kappa shape index (κ3) is 3.96. The molecule has 0 aliphatic heterocycles. The summed E-state index contributed by atoms with van der Waals surface area (Å²) in [6.07, 6.45) is 0. The highest BCUT2D eigenvalue weighted by Gasteiger charge is 2.12. The molecule has 0 amide bonds. The number of benzene rings is 2. The first-order valence-corrected chi connectivity index (χ1v) is 7.77. The van der Waals surface area contributed by atoms with Gasteiger partial charge in [-0.05, 0) is 69.2 Å². The molecule has 21 heavy (non-hydrogen) atoms.